The molecular weight excluding hydrogens is 664 g/mol. The summed E-state index contributed by atoms with van der Waals surface area (Å²) in [4.78, 5) is 25.5. The number of aryl methyl sites for hydroxylation is 2. The zero-order chi connectivity index (χ0) is 29.2. The number of rotatable bonds is 7. The predicted molar refractivity (Wildman–Crippen MR) is 171 cm³/mol. The van der Waals surface area contributed by atoms with Gasteiger partial charge in [0.25, 0.3) is 0 Å². The van der Waals surface area contributed by atoms with Gasteiger partial charge >= 0.3 is 0 Å². The Hall–Kier alpha value is -3.90. The van der Waals surface area contributed by atoms with E-state index < -0.39 is 0 Å². The summed E-state index contributed by atoms with van der Waals surface area (Å²) < 4.78 is 0. The second kappa shape index (κ2) is 19.3. The van der Waals surface area contributed by atoms with Gasteiger partial charge in [0, 0.05) is 68.4 Å². The van der Waals surface area contributed by atoms with Crippen molar-refractivity contribution < 1.29 is 19.5 Å². The first kappa shape index (κ1) is 33.6. The van der Waals surface area contributed by atoms with Crippen molar-refractivity contribution >= 4 is 23.2 Å². The van der Waals surface area contributed by atoms with Crippen LogP contribution in [0.4, 0.5) is 0 Å². The molecule has 9 heteroatoms. The minimum Gasteiger partial charge on any atom is -0.255 e. The zero-order valence-electron chi connectivity index (χ0n) is 23.3. The fourth-order valence-electron chi connectivity index (χ4n) is 3.82. The Kier molecular flexibility index (Phi) is 15.1. The third-order valence-corrected chi connectivity index (χ3v) is 6.24. The van der Waals surface area contributed by atoms with Crippen molar-refractivity contribution in [3.63, 3.8) is 0 Å². The molecular formula is C34H30Cl2N6Ru. The Morgan fingerprint density at radius 3 is 0.930 bits per heavy atom. The van der Waals surface area contributed by atoms with Crippen molar-refractivity contribution in [2.24, 2.45) is 0 Å². The molecule has 0 aromatic carbocycles. The van der Waals surface area contributed by atoms with Gasteiger partial charge in [-0.05, 0) is 96.8 Å². The van der Waals surface area contributed by atoms with E-state index in [0.717, 1.165) is 47.0 Å². The molecule has 6 rings (SSSR count). The van der Waals surface area contributed by atoms with E-state index >= 15 is 0 Å². The van der Waals surface area contributed by atoms with E-state index in [-0.39, 0.29) is 19.5 Å². The molecule has 0 fully saturated rings. The van der Waals surface area contributed by atoms with Crippen LogP contribution in [-0.2, 0) is 32.3 Å². The molecule has 0 unspecified atom stereocenters. The SMILES string of the molecule is ClCCc1ccnc(-c2cc(CCCl)ccn2)c1.[Ru].c1ccc(-c2ccccn2)nc1.c1ccc(-c2ccccn2)nc1. The maximum Gasteiger partial charge on any atom is 0.0888 e. The van der Waals surface area contributed by atoms with Crippen LogP contribution in [0.1, 0.15) is 11.1 Å². The molecule has 0 saturated carbocycles. The van der Waals surface area contributed by atoms with Gasteiger partial charge in [-0.1, -0.05) is 24.3 Å². The van der Waals surface area contributed by atoms with Crippen LogP contribution >= 0.6 is 23.2 Å². The van der Waals surface area contributed by atoms with Crippen LogP contribution in [0.25, 0.3) is 34.2 Å². The molecule has 0 aliphatic carbocycles. The minimum atomic E-state index is 0. The Bertz CT molecular complexity index is 1400. The van der Waals surface area contributed by atoms with E-state index in [9.17, 15) is 0 Å². The summed E-state index contributed by atoms with van der Waals surface area (Å²) in [5, 5.41) is 0. The second-order valence-corrected chi connectivity index (χ2v) is 9.59. The smallest absolute Gasteiger partial charge is 0.0888 e. The predicted octanol–water partition coefficient (Wildman–Crippen LogP) is 7.99. The van der Waals surface area contributed by atoms with Crippen LogP contribution < -0.4 is 0 Å². The van der Waals surface area contributed by atoms with Crippen LogP contribution in [0, 0.1) is 0 Å². The molecule has 0 N–H and O–H groups in total. The Morgan fingerprint density at radius 2 is 0.674 bits per heavy atom. The monoisotopic (exact) mass is 694 g/mol. The van der Waals surface area contributed by atoms with Crippen molar-refractivity contribution in [1.29, 1.82) is 0 Å². The number of hydrogen-bond acceptors (Lipinski definition) is 6. The maximum atomic E-state index is 5.75. The van der Waals surface area contributed by atoms with Crippen LogP contribution in [0.15, 0.2) is 134 Å². The molecule has 43 heavy (non-hydrogen) atoms. The Balaban J connectivity index is 0.000000180. The van der Waals surface area contributed by atoms with Crippen LogP contribution in [-0.4, -0.2) is 41.7 Å². The average molecular weight is 695 g/mol. The van der Waals surface area contributed by atoms with E-state index in [4.69, 9.17) is 23.2 Å². The molecule has 0 aliphatic heterocycles. The summed E-state index contributed by atoms with van der Waals surface area (Å²) >= 11 is 11.5. The molecule has 0 spiro atoms. The molecule has 6 aromatic heterocycles. The molecule has 6 nitrogen and oxygen atoms in total. The third-order valence-electron chi connectivity index (χ3n) is 5.86. The standard InChI is InChI=1S/C14H14Cl2N2.2C10H8N2.Ru/c15-5-1-11-3-7-17-13(9-11)14-10-12(2-6-16)4-8-18-14;2*1-3-7-11-9(5-1)10-6-2-4-8-12-10;/h3-4,7-10H,1-2,5-6H2;2*1-8H;. The topological polar surface area (TPSA) is 77.3 Å². The van der Waals surface area contributed by atoms with Gasteiger partial charge in [0.05, 0.1) is 34.2 Å². The fraction of sp³-hybridized carbons (Fsp3) is 0.118. The molecule has 0 aliphatic rings. The third kappa shape index (κ3) is 11.4. The van der Waals surface area contributed by atoms with E-state index in [2.05, 4.69) is 29.9 Å². The maximum absolute atomic E-state index is 5.75. The molecule has 218 valence electrons. The molecule has 0 radical (unpaired) electrons. The van der Waals surface area contributed by atoms with Crippen LogP contribution in [0.2, 0.25) is 0 Å². The van der Waals surface area contributed by atoms with Gasteiger partial charge in [-0.15, -0.1) is 23.2 Å². The largest absolute Gasteiger partial charge is 0.255 e. The second-order valence-electron chi connectivity index (χ2n) is 8.84. The number of aromatic nitrogens is 6. The molecule has 0 bridgehead atoms. The van der Waals surface area contributed by atoms with E-state index in [0.29, 0.717) is 11.8 Å². The van der Waals surface area contributed by atoms with Crippen molar-refractivity contribution in [1.82, 2.24) is 29.9 Å². The number of halogens is 2. The average Bonchev–Trinajstić information content (AvgIpc) is 3.08. The van der Waals surface area contributed by atoms with Gasteiger partial charge in [-0.3, -0.25) is 29.9 Å². The first-order valence-corrected chi connectivity index (χ1v) is 14.5. The van der Waals surface area contributed by atoms with Gasteiger partial charge in [-0.25, -0.2) is 0 Å². The van der Waals surface area contributed by atoms with Crippen molar-refractivity contribution in [3.8, 4) is 34.2 Å². The molecule has 0 atom stereocenters. The summed E-state index contributed by atoms with van der Waals surface area (Å²) in [5.41, 5.74) is 7.79. The quantitative estimate of drug-likeness (QED) is 0.125. The van der Waals surface area contributed by atoms with Gasteiger partial charge < -0.3 is 0 Å². The summed E-state index contributed by atoms with van der Waals surface area (Å²) in [6.45, 7) is 0. The summed E-state index contributed by atoms with van der Waals surface area (Å²) in [5.74, 6) is 1.23. The zero-order valence-corrected chi connectivity index (χ0v) is 26.6. The summed E-state index contributed by atoms with van der Waals surface area (Å²) in [6, 6.07) is 31.2. The van der Waals surface area contributed by atoms with Gasteiger partial charge in [-0.2, -0.15) is 0 Å². The number of pyridine rings is 6. The van der Waals surface area contributed by atoms with E-state index in [1.54, 1.807) is 37.2 Å². The summed E-state index contributed by atoms with van der Waals surface area (Å²) in [7, 11) is 0. The van der Waals surface area contributed by atoms with Crippen molar-refractivity contribution in [2.75, 3.05) is 11.8 Å². The van der Waals surface area contributed by atoms with Gasteiger partial charge in [0.2, 0.25) is 0 Å². The molecule has 0 amide bonds. The molecule has 0 saturated heterocycles. The van der Waals surface area contributed by atoms with E-state index in [1.807, 2.05) is 97.1 Å². The molecule has 6 heterocycles. The molecule has 6 aromatic rings. The number of alkyl halides is 2. The number of hydrogen-bond donors (Lipinski definition) is 0. The first-order chi connectivity index (χ1) is 20.8. The van der Waals surface area contributed by atoms with Crippen LogP contribution in [0.5, 0.6) is 0 Å². The number of nitrogens with zero attached hydrogens (tertiary/aromatic N) is 6. The van der Waals surface area contributed by atoms with Gasteiger partial charge in [0.15, 0.2) is 0 Å². The summed E-state index contributed by atoms with van der Waals surface area (Å²) in [6.07, 6.45) is 12.4. The Morgan fingerprint density at radius 1 is 0.372 bits per heavy atom. The fourth-order valence-corrected chi connectivity index (χ4v) is 4.25. The minimum absolute atomic E-state index is 0. The van der Waals surface area contributed by atoms with E-state index in [1.165, 1.54) is 11.1 Å². The van der Waals surface area contributed by atoms with Crippen molar-refractivity contribution in [3.05, 3.63) is 145 Å². The Labute approximate surface area is 275 Å². The normalized spacial score (nSPS) is 9.81. The van der Waals surface area contributed by atoms with Crippen LogP contribution in [0.3, 0.4) is 0 Å². The van der Waals surface area contributed by atoms with Crippen molar-refractivity contribution in [2.45, 2.75) is 12.8 Å². The first-order valence-electron chi connectivity index (χ1n) is 13.4. The van der Waals surface area contributed by atoms with Gasteiger partial charge in [0.1, 0.15) is 0 Å².